The minimum atomic E-state index is -1.71. The van der Waals surface area contributed by atoms with E-state index in [0.29, 0.717) is 17.1 Å². The van der Waals surface area contributed by atoms with Gasteiger partial charge in [-0.15, -0.1) is 0 Å². The highest BCUT2D eigenvalue weighted by Crippen LogP contribution is 2.19. The van der Waals surface area contributed by atoms with E-state index in [1.165, 1.54) is 24.5 Å². The van der Waals surface area contributed by atoms with Gasteiger partial charge in [0.15, 0.2) is 24.1 Å². The quantitative estimate of drug-likeness (QED) is 0.571. The maximum Gasteiger partial charge on any atom is 0.338 e. The molecule has 6 nitrogen and oxygen atoms in total. The summed E-state index contributed by atoms with van der Waals surface area (Å²) in [4.78, 5) is 31.8. The van der Waals surface area contributed by atoms with Gasteiger partial charge in [0.05, 0.1) is 22.3 Å². The molecule has 0 aliphatic rings. The Morgan fingerprint density at radius 1 is 0.962 bits per heavy atom. The summed E-state index contributed by atoms with van der Waals surface area (Å²) in [5.74, 6) is -6.36. The van der Waals surface area contributed by atoms with Gasteiger partial charge in [0, 0.05) is 12.4 Å². The van der Waals surface area contributed by atoms with E-state index in [0.717, 1.165) is 6.07 Å². The maximum absolute atomic E-state index is 13.5. The predicted octanol–water partition coefficient (Wildman–Crippen LogP) is 2.84. The Labute approximate surface area is 144 Å². The van der Waals surface area contributed by atoms with Gasteiger partial charge in [-0.05, 0) is 30.3 Å². The summed E-state index contributed by atoms with van der Waals surface area (Å²) in [5.41, 5.74) is 0.626. The van der Waals surface area contributed by atoms with E-state index in [1.54, 1.807) is 6.07 Å². The third-order valence-electron chi connectivity index (χ3n) is 3.35. The largest absolute Gasteiger partial charge is 0.452 e. The first-order chi connectivity index (χ1) is 12.5. The lowest BCUT2D eigenvalue weighted by atomic mass is 10.2. The number of halogens is 3. The minimum absolute atomic E-state index is 0.143. The maximum atomic E-state index is 13.5. The summed E-state index contributed by atoms with van der Waals surface area (Å²) >= 11 is 0. The molecule has 1 N–H and O–H groups in total. The normalized spacial score (nSPS) is 10.6. The summed E-state index contributed by atoms with van der Waals surface area (Å²) in [5, 5.41) is 1.99. The number of hydrogen-bond donors (Lipinski definition) is 1. The Bertz CT molecular complexity index is 1010. The van der Waals surface area contributed by atoms with Crippen LogP contribution in [0.1, 0.15) is 10.4 Å². The lowest BCUT2D eigenvalue weighted by Gasteiger charge is -2.08. The number of hydrogen-bond acceptors (Lipinski definition) is 5. The zero-order valence-electron chi connectivity index (χ0n) is 13.0. The van der Waals surface area contributed by atoms with Gasteiger partial charge in [0.25, 0.3) is 5.91 Å². The molecule has 9 heteroatoms. The van der Waals surface area contributed by atoms with E-state index >= 15 is 0 Å². The Morgan fingerprint density at radius 3 is 2.46 bits per heavy atom. The molecule has 1 amide bonds. The van der Waals surface area contributed by atoms with Crippen LogP contribution in [0.2, 0.25) is 0 Å². The SMILES string of the molecule is O=C(COC(=O)c1ccc2nccnc2c1)Nc1ccc(F)c(F)c1F. The van der Waals surface area contributed by atoms with E-state index in [-0.39, 0.29) is 5.56 Å². The number of amides is 1. The van der Waals surface area contributed by atoms with Crippen molar-refractivity contribution in [1.29, 1.82) is 0 Å². The molecule has 0 radical (unpaired) electrons. The fourth-order valence-electron chi connectivity index (χ4n) is 2.11. The van der Waals surface area contributed by atoms with Gasteiger partial charge >= 0.3 is 5.97 Å². The van der Waals surface area contributed by atoms with Crippen molar-refractivity contribution >= 4 is 28.6 Å². The highest BCUT2D eigenvalue weighted by atomic mass is 19.2. The number of rotatable bonds is 4. The van der Waals surface area contributed by atoms with Crippen molar-refractivity contribution in [1.82, 2.24) is 9.97 Å². The summed E-state index contributed by atoms with van der Waals surface area (Å²) in [6.45, 7) is -0.740. The van der Waals surface area contributed by atoms with Gasteiger partial charge in [-0.1, -0.05) is 0 Å². The first-order valence-corrected chi connectivity index (χ1v) is 7.27. The van der Waals surface area contributed by atoms with Crippen molar-refractivity contribution < 1.29 is 27.5 Å². The molecule has 3 aromatic rings. The number of nitrogens with one attached hydrogen (secondary N) is 1. The number of nitrogens with zero attached hydrogens (tertiary/aromatic N) is 2. The average Bonchev–Trinajstić information content (AvgIpc) is 2.66. The number of esters is 1. The molecule has 1 aromatic heterocycles. The van der Waals surface area contributed by atoms with E-state index in [1.807, 2.05) is 5.32 Å². The number of carbonyl (C=O) groups excluding carboxylic acids is 2. The summed E-state index contributed by atoms with van der Waals surface area (Å²) < 4.78 is 44.3. The molecule has 1 heterocycles. The van der Waals surface area contributed by atoms with E-state index in [4.69, 9.17) is 4.74 Å². The molecule has 0 aliphatic carbocycles. The van der Waals surface area contributed by atoms with Crippen LogP contribution >= 0.6 is 0 Å². The topological polar surface area (TPSA) is 81.2 Å². The lowest BCUT2D eigenvalue weighted by molar-refractivity contribution is -0.119. The van der Waals surface area contributed by atoms with Gasteiger partial charge in [-0.3, -0.25) is 14.8 Å². The second kappa shape index (κ2) is 7.18. The zero-order valence-corrected chi connectivity index (χ0v) is 13.0. The van der Waals surface area contributed by atoms with E-state index < -0.39 is 41.6 Å². The van der Waals surface area contributed by atoms with Crippen molar-refractivity contribution in [3.63, 3.8) is 0 Å². The highest BCUT2D eigenvalue weighted by molar-refractivity contribution is 5.97. The summed E-state index contributed by atoms with van der Waals surface area (Å²) in [7, 11) is 0. The van der Waals surface area contributed by atoms with Crippen LogP contribution in [0.5, 0.6) is 0 Å². The molecule has 0 unspecified atom stereocenters. The second-order valence-corrected chi connectivity index (χ2v) is 5.11. The molecule has 3 rings (SSSR count). The number of ether oxygens (including phenoxy) is 1. The molecular weight excluding hydrogens is 351 g/mol. The molecule has 2 aromatic carbocycles. The Balaban J connectivity index is 1.63. The van der Waals surface area contributed by atoms with Gasteiger partial charge in [0.1, 0.15) is 0 Å². The molecule has 0 spiro atoms. The molecule has 132 valence electrons. The van der Waals surface area contributed by atoms with Crippen LogP contribution in [-0.2, 0) is 9.53 Å². The van der Waals surface area contributed by atoms with Crippen LogP contribution in [0, 0.1) is 17.5 Å². The second-order valence-electron chi connectivity index (χ2n) is 5.11. The van der Waals surface area contributed by atoms with Gasteiger partial charge in [-0.2, -0.15) is 0 Å². The van der Waals surface area contributed by atoms with Crippen molar-refractivity contribution in [2.24, 2.45) is 0 Å². The number of aromatic nitrogens is 2. The van der Waals surface area contributed by atoms with E-state index in [9.17, 15) is 22.8 Å². The first kappa shape index (κ1) is 17.3. The average molecular weight is 361 g/mol. The van der Waals surface area contributed by atoms with Crippen LogP contribution in [0.4, 0.5) is 18.9 Å². The molecular formula is C17H10F3N3O3. The Hall–Kier alpha value is -3.49. The van der Waals surface area contributed by atoms with Crippen LogP contribution in [0.3, 0.4) is 0 Å². The third kappa shape index (κ3) is 3.61. The smallest absolute Gasteiger partial charge is 0.338 e. The Morgan fingerprint density at radius 2 is 1.69 bits per heavy atom. The fourth-order valence-corrected chi connectivity index (χ4v) is 2.11. The monoisotopic (exact) mass is 361 g/mol. The molecule has 0 bridgehead atoms. The molecule has 26 heavy (non-hydrogen) atoms. The first-order valence-electron chi connectivity index (χ1n) is 7.27. The van der Waals surface area contributed by atoms with Gasteiger partial charge in [-0.25, -0.2) is 18.0 Å². The van der Waals surface area contributed by atoms with Gasteiger partial charge < -0.3 is 10.1 Å². The minimum Gasteiger partial charge on any atom is -0.452 e. The summed E-state index contributed by atoms with van der Waals surface area (Å²) in [6.07, 6.45) is 2.96. The van der Waals surface area contributed by atoms with Crippen LogP contribution in [-0.4, -0.2) is 28.5 Å². The summed E-state index contributed by atoms with van der Waals surface area (Å²) in [6, 6.07) is 5.98. The predicted molar refractivity (Wildman–Crippen MR) is 84.8 cm³/mol. The lowest BCUT2D eigenvalue weighted by Crippen LogP contribution is -2.21. The van der Waals surface area contributed by atoms with Crippen LogP contribution in [0.25, 0.3) is 11.0 Å². The van der Waals surface area contributed by atoms with E-state index in [2.05, 4.69) is 9.97 Å². The van der Waals surface area contributed by atoms with Crippen molar-refractivity contribution in [2.45, 2.75) is 0 Å². The third-order valence-corrected chi connectivity index (χ3v) is 3.35. The molecule has 0 aliphatic heterocycles. The number of fused-ring (bicyclic) bond motifs is 1. The number of anilines is 1. The Kier molecular flexibility index (Phi) is 4.78. The number of benzene rings is 2. The van der Waals surface area contributed by atoms with Crippen molar-refractivity contribution in [3.05, 3.63) is 65.7 Å². The van der Waals surface area contributed by atoms with Crippen molar-refractivity contribution in [3.8, 4) is 0 Å². The van der Waals surface area contributed by atoms with Crippen LogP contribution < -0.4 is 5.32 Å². The fraction of sp³-hybridized carbons (Fsp3) is 0.0588. The van der Waals surface area contributed by atoms with Gasteiger partial charge in [0.2, 0.25) is 0 Å². The molecule has 0 saturated carbocycles. The molecule has 0 atom stereocenters. The molecule has 0 fully saturated rings. The highest BCUT2D eigenvalue weighted by Gasteiger charge is 2.16. The van der Waals surface area contributed by atoms with Crippen LogP contribution in [0.15, 0.2) is 42.7 Å². The standard InChI is InChI=1S/C17H10F3N3O3/c18-10-2-4-12(16(20)15(10)19)23-14(24)8-26-17(25)9-1-3-11-13(7-9)22-6-5-21-11/h1-7H,8H2,(H,23,24). The van der Waals surface area contributed by atoms with Crippen molar-refractivity contribution in [2.75, 3.05) is 11.9 Å². The molecule has 0 saturated heterocycles. The number of carbonyl (C=O) groups is 2. The zero-order chi connectivity index (χ0) is 18.7.